The Morgan fingerprint density at radius 3 is 2.15 bits per heavy atom. The molecule has 214 valence electrons. The third-order valence-electron chi connectivity index (χ3n) is 6.15. The molecule has 8 nitrogen and oxygen atoms in total. The van der Waals surface area contributed by atoms with Crippen LogP contribution in [0.1, 0.15) is 26.3 Å². The summed E-state index contributed by atoms with van der Waals surface area (Å²) in [6.45, 7) is 5.69. The Hall–Kier alpha value is -3.21. The minimum absolute atomic E-state index is 0.0491. The molecule has 40 heavy (non-hydrogen) atoms. The summed E-state index contributed by atoms with van der Waals surface area (Å²) in [6, 6.07) is 19.1. The number of nitrogens with zero attached hydrogens (tertiary/aromatic N) is 2. The van der Waals surface area contributed by atoms with Crippen molar-refractivity contribution in [2.45, 2.75) is 43.1 Å². The van der Waals surface area contributed by atoms with E-state index in [4.69, 9.17) is 16.3 Å². The SMILES string of the molecule is CCNC(=O)[C@@H](C)N(Cc1ccc(Cl)cc1)C(=O)CN(c1ccc(OCC)cc1)S(=O)(=O)c1ccc(SC)cc1. The summed E-state index contributed by atoms with van der Waals surface area (Å²) in [5, 5.41) is 3.28. The van der Waals surface area contributed by atoms with E-state index in [1.54, 1.807) is 74.5 Å². The number of carbonyl (C=O) groups is 2. The summed E-state index contributed by atoms with van der Waals surface area (Å²) in [6.07, 6.45) is 1.90. The Bertz CT molecular complexity index is 1380. The zero-order valence-electron chi connectivity index (χ0n) is 23.0. The Balaban J connectivity index is 2.02. The van der Waals surface area contributed by atoms with Crippen molar-refractivity contribution in [3.05, 3.63) is 83.4 Å². The maximum atomic E-state index is 13.9. The largest absolute Gasteiger partial charge is 0.494 e. The molecule has 11 heteroatoms. The van der Waals surface area contributed by atoms with Crippen LogP contribution in [0.4, 0.5) is 5.69 Å². The van der Waals surface area contributed by atoms with Crippen LogP contribution in [0.15, 0.2) is 82.6 Å². The number of halogens is 1. The molecule has 3 aromatic rings. The summed E-state index contributed by atoms with van der Waals surface area (Å²) in [7, 11) is -4.15. The van der Waals surface area contributed by atoms with Crippen molar-refractivity contribution in [3.63, 3.8) is 0 Å². The molecule has 0 unspecified atom stereocenters. The van der Waals surface area contributed by atoms with Crippen LogP contribution in [0, 0.1) is 0 Å². The highest BCUT2D eigenvalue weighted by molar-refractivity contribution is 7.98. The fraction of sp³-hybridized carbons (Fsp3) is 0.310. The van der Waals surface area contributed by atoms with Crippen LogP contribution in [0.2, 0.25) is 5.02 Å². The average Bonchev–Trinajstić information content (AvgIpc) is 2.96. The Kier molecular flexibility index (Phi) is 11.3. The summed E-state index contributed by atoms with van der Waals surface area (Å²) < 4.78 is 34.4. The van der Waals surface area contributed by atoms with Crippen molar-refractivity contribution in [3.8, 4) is 5.75 Å². The maximum Gasteiger partial charge on any atom is 0.264 e. The molecule has 0 bridgehead atoms. The lowest BCUT2D eigenvalue weighted by Gasteiger charge is -2.32. The quantitative estimate of drug-likeness (QED) is 0.270. The number of hydrogen-bond donors (Lipinski definition) is 1. The number of benzene rings is 3. The molecule has 0 radical (unpaired) electrons. The molecule has 0 fully saturated rings. The molecule has 1 atom stereocenters. The topological polar surface area (TPSA) is 96.0 Å². The minimum Gasteiger partial charge on any atom is -0.494 e. The monoisotopic (exact) mass is 603 g/mol. The van der Waals surface area contributed by atoms with Gasteiger partial charge in [-0.15, -0.1) is 11.8 Å². The number of amides is 2. The van der Waals surface area contributed by atoms with Gasteiger partial charge < -0.3 is 15.0 Å². The van der Waals surface area contributed by atoms with Gasteiger partial charge in [-0.25, -0.2) is 8.42 Å². The van der Waals surface area contributed by atoms with Gasteiger partial charge in [-0.1, -0.05) is 23.7 Å². The molecule has 0 heterocycles. The van der Waals surface area contributed by atoms with Gasteiger partial charge in [-0.3, -0.25) is 13.9 Å². The van der Waals surface area contributed by atoms with E-state index in [9.17, 15) is 18.0 Å². The minimum atomic E-state index is -4.15. The number of hydrogen-bond acceptors (Lipinski definition) is 6. The van der Waals surface area contributed by atoms with Gasteiger partial charge in [-0.2, -0.15) is 0 Å². The zero-order valence-corrected chi connectivity index (χ0v) is 25.4. The summed E-state index contributed by atoms with van der Waals surface area (Å²) >= 11 is 7.53. The van der Waals surface area contributed by atoms with Crippen LogP contribution in [0.5, 0.6) is 5.75 Å². The summed E-state index contributed by atoms with van der Waals surface area (Å²) in [4.78, 5) is 29.0. The van der Waals surface area contributed by atoms with Crippen molar-refractivity contribution in [1.29, 1.82) is 0 Å². The molecular formula is C29H34ClN3O5S2. The lowest BCUT2D eigenvalue weighted by Crippen LogP contribution is -2.51. The molecule has 0 spiro atoms. The van der Waals surface area contributed by atoms with Crippen molar-refractivity contribution < 1.29 is 22.7 Å². The number of anilines is 1. The number of sulfonamides is 1. The van der Waals surface area contributed by atoms with Crippen LogP contribution >= 0.6 is 23.4 Å². The first-order chi connectivity index (χ1) is 19.1. The zero-order chi connectivity index (χ0) is 29.3. The van der Waals surface area contributed by atoms with Gasteiger partial charge in [0, 0.05) is 23.0 Å². The van der Waals surface area contributed by atoms with E-state index in [0.717, 1.165) is 14.8 Å². The maximum absolute atomic E-state index is 13.9. The van der Waals surface area contributed by atoms with E-state index >= 15 is 0 Å². The second kappa shape index (κ2) is 14.4. The number of nitrogens with one attached hydrogen (secondary N) is 1. The molecule has 0 aromatic heterocycles. The van der Waals surface area contributed by atoms with Gasteiger partial charge in [0.05, 0.1) is 17.2 Å². The van der Waals surface area contributed by atoms with Crippen molar-refractivity contribution in [2.75, 3.05) is 30.3 Å². The van der Waals surface area contributed by atoms with Gasteiger partial charge in [0.15, 0.2) is 0 Å². The highest BCUT2D eigenvalue weighted by Crippen LogP contribution is 2.28. The fourth-order valence-electron chi connectivity index (χ4n) is 3.97. The standard InChI is InChI=1S/C29H34ClN3O5S2/c1-5-31-29(35)21(3)32(19-22-7-9-23(30)10-8-22)28(34)20-33(24-11-13-25(14-12-24)38-6-2)40(36,37)27-17-15-26(39-4)16-18-27/h7-18,21H,5-6,19-20H2,1-4H3,(H,31,35)/t21-/m1/s1. The first-order valence-electron chi connectivity index (χ1n) is 12.8. The third-order valence-corrected chi connectivity index (χ3v) is 8.93. The second-order valence-electron chi connectivity index (χ2n) is 8.83. The van der Waals surface area contributed by atoms with E-state index in [2.05, 4.69) is 5.32 Å². The number of ether oxygens (including phenoxy) is 1. The molecule has 0 aliphatic rings. The summed E-state index contributed by atoms with van der Waals surface area (Å²) in [5.74, 6) is -0.298. The van der Waals surface area contributed by atoms with Crippen LogP contribution in [-0.2, 0) is 26.2 Å². The first-order valence-corrected chi connectivity index (χ1v) is 15.9. The van der Waals surface area contributed by atoms with Crippen molar-refractivity contribution in [2.24, 2.45) is 0 Å². The number of thioether (sulfide) groups is 1. The van der Waals surface area contributed by atoms with Crippen LogP contribution in [0.3, 0.4) is 0 Å². The number of likely N-dealkylation sites (N-methyl/N-ethyl adjacent to an activating group) is 1. The average molecular weight is 604 g/mol. The second-order valence-corrected chi connectivity index (χ2v) is 12.0. The Morgan fingerprint density at radius 2 is 1.60 bits per heavy atom. The molecule has 0 aliphatic heterocycles. The van der Waals surface area contributed by atoms with Crippen LogP contribution in [0.25, 0.3) is 0 Å². The summed E-state index contributed by atoms with van der Waals surface area (Å²) in [5.41, 5.74) is 1.04. The predicted octanol–water partition coefficient (Wildman–Crippen LogP) is 5.21. The third kappa shape index (κ3) is 7.93. The molecule has 0 saturated heterocycles. The van der Waals surface area contributed by atoms with E-state index < -0.39 is 28.5 Å². The molecule has 1 N–H and O–H groups in total. The highest BCUT2D eigenvalue weighted by Gasteiger charge is 2.32. The van der Waals surface area contributed by atoms with Gasteiger partial charge in [0.25, 0.3) is 10.0 Å². The van der Waals surface area contributed by atoms with Crippen LogP contribution < -0.4 is 14.4 Å². The lowest BCUT2D eigenvalue weighted by atomic mass is 10.1. The number of carbonyl (C=O) groups excluding carboxylic acids is 2. The van der Waals surface area contributed by atoms with E-state index in [-0.39, 0.29) is 17.3 Å². The normalized spacial score (nSPS) is 11.9. The first kappa shape index (κ1) is 31.3. The molecule has 2 amide bonds. The molecule has 0 aliphatic carbocycles. The molecule has 3 rings (SSSR count). The van der Waals surface area contributed by atoms with Gasteiger partial charge in [-0.05, 0) is 93.3 Å². The van der Waals surface area contributed by atoms with Gasteiger partial charge in [0.2, 0.25) is 11.8 Å². The molecule has 3 aromatic carbocycles. The Morgan fingerprint density at radius 1 is 0.975 bits per heavy atom. The molecular weight excluding hydrogens is 570 g/mol. The van der Waals surface area contributed by atoms with Gasteiger partial charge in [0.1, 0.15) is 18.3 Å². The lowest BCUT2D eigenvalue weighted by molar-refractivity contribution is -0.139. The van der Waals surface area contributed by atoms with E-state index in [0.29, 0.717) is 29.6 Å². The van der Waals surface area contributed by atoms with E-state index in [1.807, 2.05) is 13.2 Å². The smallest absolute Gasteiger partial charge is 0.264 e. The number of rotatable bonds is 13. The molecule has 0 saturated carbocycles. The van der Waals surface area contributed by atoms with Crippen molar-refractivity contribution in [1.82, 2.24) is 10.2 Å². The Labute approximate surface area is 245 Å². The predicted molar refractivity (Wildman–Crippen MR) is 161 cm³/mol. The van der Waals surface area contributed by atoms with E-state index in [1.165, 1.54) is 28.8 Å². The van der Waals surface area contributed by atoms with Gasteiger partial charge >= 0.3 is 0 Å². The van der Waals surface area contributed by atoms with Crippen LogP contribution in [-0.4, -0.2) is 57.1 Å². The van der Waals surface area contributed by atoms with Crippen molar-refractivity contribution >= 4 is 50.9 Å². The highest BCUT2D eigenvalue weighted by atomic mass is 35.5. The fourth-order valence-corrected chi connectivity index (χ4v) is 5.92.